The molecule has 0 saturated carbocycles. The van der Waals surface area contributed by atoms with Gasteiger partial charge < -0.3 is 10.1 Å². The normalized spacial score (nSPS) is 13.9. The number of thiophene rings is 1. The van der Waals surface area contributed by atoms with E-state index in [0.29, 0.717) is 22.0 Å². The van der Waals surface area contributed by atoms with Crippen molar-refractivity contribution in [1.29, 1.82) is 0 Å². The lowest BCUT2D eigenvalue weighted by molar-refractivity contribution is -0.137. The Morgan fingerprint density at radius 2 is 1.76 bits per heavy atom. The van der Waals surface area contributed by atoms with Crippen molar-refractivity contribution in [3.05, 3.63) is 87.2 Å². The SMILES string of the molecule is COc1ccccc1NC1=C(c2cccs2)C(=O)N(Cc2ccc(Cl)cc2)C1=O. The molecule has 0 unspecified atom stereocenters. The zero-order chi connectivity index (χ0) is 20.4. The zero-order valence-electron chi connectivity index (χ0n) is 15.5. The van der Waals surface area contributed by atoms with E-state index in [-0.39, 0.29) is 24.1 Å². The van der Waals surface area contributed by atoms with Crippen LogP contribution in [-0.2, 0) is 16.1 Å². The molecular weight excluding hydrogens is 408 g/mol. The van der Waals surface area contributed by atoms with Crippen LogP contribution in [-0.4, -0.2) is 23.8 Å². The number of hydrogen-bond donors (Lipinski definition) is 1. The summed E-state index contributed by atoms with van der Waals surface area (Å²) < 4.78 is 5.37. The van der Waals surface area contributed by atoms with E-state index >= 15 is 0 Å². The summed E-state index contributed by atoms with van der Waals surface area (Å²) in [6.07, 6.45) is 0. The van der Waals surface area contributed by atoms with E-state index < -0.39 is 0 Å². The molecule has 2 aromatic carbocycles. The van der Waals surface area contributed by atoms with Crippen molar-refractivity contribution >= 4 is 46.0 Å². The molecule has 0 atom stereocenters. The third kappa shape index (κ3) is 3.77. The minimum atomic E-state index is -0.376. The van der Waals surface area contributed by atoms with Crippen molar-refractivity contribution in [2.24, 2.45) is 0 Å². The predicted octanol–water partition coefficient (Wildman–Crippen LogP) is 4.80. The zero-order valence-corrected chi connectivity index (χ0v) is 17.1. The minimum absolute atomic E-state index is 0.167. The number of ether oxygens (including phenoxy) is 1. The van der Waals surface area contributed by atoms with E-state index in [0.717, 1.165) is 10.4 Å². The second-order valence-corrected chi connectivity index (χ2v) is 7.76. The molecule has 7 heteroatoms. The largest absolute Gasteiger partial charge is 0.495 e. The van der Waals surface area contributed by atoms with Crippen LogP contribution >= 0.6 is 22.9 Å². The van der Waals surface area contributed by atoms with Crippen molar-refractivity contribution in [3.63, 3.8) is 0 Å². The molecule has 3 aromatic rings. The molecule has 0 radical (unpaired) electrons. The Morgan fingerprint density at radius 1 is 1.00 bits per heavy atom. The van der Waals surface area contributed by atoms with E-state index in [1.807, 2.05) is 29.6 Å². The van der Waals surface area contributed by atoms with Crippen LogP contribution in [0.25, 0.3) is 5.57 Å². The number of rotatable bonds is 6. The smallest absolute Gasteiger partial charge is 0.278 e. The maximum Gasteiger partial charge on any atom is 0.278 e. The number of benzene rings is 2. The van der Waals surface area contributed by atoms with E-state index in [1.165, 1.54) is 16.2 Å². The fourth-order valence-corrected chi connectivity index (χ4v) is 4.03. The molecule has 0 aliphatic carbocycles. The Labute approximate surface area is 177 Å². The van der Waals surface area contributed by atoms with Gasteiger partial charge in [-0.05, 0) is 41.3 Å². The molecule has 2 amide bonds. The number of nitrogens with zero attached hydrogens (tertiary/aromatic N) is 1. The molecule has 1 aromatic heterocycles. The molecule has 1 aliphatic heterocycles. The summed E-state index contributed by atoms with van der Waals surface area (Å²) in [7, 11) is 1.56. The second kappa shape index (κ2) is 8.11. The number of halogens is 1. The molecule has 0 bridgehead atoms. The van der Waals surface area contributed by atoms with Gasteiger partial charge in [-0.2, -0.15) is 0 Å². The van der Waals surface area contributed by atoms with Crippen molar-refractivity contribution in [1.82, 2.24) is 4.90 Å². The molecule has 29 heavy (non-hydrogen) atoms. The molecule has 2 heterocycles. The highest BCUT2D eigenvalue weighted by molar-refractivity contribution is 7.11. The Kier molecular flexibility index (Phi) is 5.38. The standard InChI is InChI=1S/C22H17ClN2O3S/c1-28-17-6-3-2-5-16(17)24-20-19(18-7-4-12-29-18)21(26)25(22(20)27)13-14-8-10-15(23)11-9-14/h2-12,24H,13H2,1H3. The van der Waals surface area contributed by atoms with Crippen LogP contribution in [0.3, 0.4) is 0 Å². The highest BCUT2D eigenvalue weighted by atomic mass is 35.5. The lowest BCUT2D eigenvalue weighted by atomic mass is 10.1. The van der Waals surface area contributed by atoms with Gasteiger partial charge in [-0.25, -0.2) is 0 Å². The summed E-state index contributed by atoms with van der Waals surface area (Å²) in [5, 5.41) is 5.61. The highest BCUT2D eigenvalue weighted by Crippen LogP contribution is 2.35. The average Bonchev–Trinajstić information content (AvgIpc) is 3.33. The second-order valence-electron chi connectivity index (χ2n) is 6.38. The molecular formula is C22H17ClN2O3S. The van der Waals surface area contributed by atoms with Gasteiger partial charge in [-0.1, -0.05) is 41.9 Å². The maximum atomic E-state index is 13.2. The van der Waals surface area contributed by atoms with Gasteiger partial charge >= 0.3 is 0 Å². The average molecular weight is 425 g/mol. The quantitative estimate of drug-likeness (QED) is 0.577. The summed E-state index contributed by atoms with van der Waals surface area (Å²) in [6.45, 7) is 0.167. The summed E-state index contributed by atoms with van der Waals surface area (Å²) in [5.41, 5.74) is 2.05. The Hall–Kier alpha value is -3.09. The van der Waals surface area contributed by atoms with E-state index in [1.54, 1.807) is 43.5 Å². The monoisotopic (exact) mass is 424 g/mol. The fourth-order valence-electron chi connectivity index (χ4n) is 3.14. The number of carbonyl (C=O) groups excluding carboxylic acids is 2. The summed E-state index contributed by atoms with van der Waals surface area (Å²) >= 11 is 7.36. The van der Waals surface area contributed by atoms with Gasteiger partial charge in [0.2, 0.25) is 0 Å². The Balaban J connectivity index is 1.72. The van der Waals surface area contributed by atoms with Crippen molar-refractivity contribution in [2.45, 2.75) is 6.54 Å². The molecule has 1 N–H and O–H groups in total. The Morgan fingerprint density at radius 3 is 2.45 bits per heavy atom. The van der Waals surface area contributed by atoms with Gasteiger partial charge in [-0.3, -0.25) is 14.5 Å². The highest BCUT2D eigenvalue weighted by Gasteiger charge is 2.39. The van der Waals surface area contributed by atoms with Crippen LogP contribution in [0.15, 0.2) is 71.7 Å². The van der Waals surface area contributed by atoms with Crippen LogP contribution < -0.4 is 10.1 Å². The van der Waals surface area contributed by atoms with Gasteiger partial charge in [0.25, 0.3) is 11.8 Å². The maximum absolute atomic E-state index is 13.2. The van der Waals surface area contributed by atoms with Gasteiger partial charge in [0.05, 0.1) is 24.9 Å². The van der Waals surface area contributed by atoms with Gasteiger partial charge in [0.15, 0.2) is 0 Å². The van der Waals surface area contributed by atoms with E-state index in [9.17, 15) is 9.59 Å². The van der Waals surface area contributed by atoms with Crippen LogP contribution in [0.1, 0.15) is 10.4 Å². The van der Waals surface area contributed by atoms with E-state index in [2.05, 4.69) is 5.32 Å². The van der Waals surface area contributed by atoms with Crippen LogP contribution in [0, 0.1) is 0 Å². The minimum Gasteiger partial charge on any atom is -0.495 e. The molecule has 0 fully saturated rings. The lowest BCUT2D eigenvalue weighted by Crippen LogP contribution is -2.31. The number of para-hydroxylation sites is 2. The molecule has 146 valence electrons. The number of carbonyl (C=O) groups is 2. The molecule has 0 spiro atoms. The predicted molar refractivity (Wildman–Crippen MR) is 115 cm³/mol. The number of hydrogen-bond acceptors (Lipinski definition) is 5. The summed E-state index contributed by atoms with van der Waals surface area (Å²) in [4.78, 5) is 28.4. The molecule has 4 rings (SSSR count). The van der Waals surface area contributed by atoms with Crippen molar-refractivity contribution < 1.29 is 14.3 Å². The molecule has 0 saturated heterocycles. The van der Waals surface area contributed by atoms with Gasteiger partial charge in [0.1, 0.15) is 11.4 Å². The van der Waals surface area contributed by atoms with Gasteiger partial charge in [-0.15, -0.1) is 11.3 Å². The van der Waals surface area contributed by atoms with Crippen LogP contribution in [0.4, 0.5) is 5.69 Å². The molecule has 1 aliphatic rings. The number of amides is 2. The third-order valence-electron chi connectivity index (χ3n) is 4.56. The lowest BCUT2D eigenvalue weighted by Gasteiger charge is -2.16. The first-order chi connectivity index (χ1) is 14.1. The first-order valence-electron chi connectivity index (χ1n) is 8.87. The first-order valence-corrected chi connectivity index (χ1v) is 10.1. The third-order valence-corrected chi connectivity index (χ3v) is 5.70. The van der Waals surface area contributed by atoms with Crippen molar-refractivity contribution in [3.8, 4) is 5.75 Å². The number of methoxy groups -OCH3 is 1. The van der Waals surface area contributed by atoms with E-state index in [4.69, 9.17) is 16.3 Å². The Bertz CT molecular complexity index is 1090. The van der Waals surface area contributed by atoms with Crippen LogP contribution in [0.5, 0.6) is 5.75 Å². The molecule has 5 nitrogen and oxygen atoms in total. The number of nitrogens with one attached hydrogen (secondary N) is 1. The first kappa shape index (κ1) is 19.2. The summed E-state index contributed by atoms with van der Waals surface area (Å²) in [5.74, 6) is -0.119. The van der Waals surface area contributed by atoms with Crippen LogP contribution in [0.2, 0.25) is 5.02 Å². The fraction of sp³-hybridized carbons (Fsp3) is 0.0909. The van der Waals surface area contributed by atoms with Crippen molar-refractivity contribution in [2.75, 3.05) is 12.4 Å². The number of imide groups is 1. The summed E-state index contributed by atoms with van der Waals surface area (Å²) in [6, 6.07) is 18.0. The van der Waals surface area contributed by atoms with Gasteiger partial charge in [0, 0.05) is 9.90 Å². The number of anilines is 1. The topological polar surface area (TPSA) is 58.6 Å².